The molecule has 1 unspecified atom stereocenters. The summed E-state index contributed by atoms with van der Waals surface area (Å²) in [6.45, 7) is 11.2. The number of rotatable bonds is 4. The largest absolute Gasteiger partial charge is 0.477 e. The Hall–Kier alpha value is -2.69. The molecule has 0 amide bonds. The van der Waals surface area contributed by atoms with Crippen LogP contribution in [0.5, 0.6) is 0 Å². The van der Waals surface area contributed by atoms with Crippen molar-refractivity contribution in [2.24, 2.45) is 5.92 Å². The summed E-state index contributed by atoms with van der Waals surface area (Å²) in [5.41, 5.74) is 1.87. The third-order valence-corrected chi connectivity index (χ3v) is 5.20. The fraction of sp³-hybridized carbons (Fsp3) is 0.409. The highest BCUT2D eigenvalue weighted by Crippen LogP contribution is 2.29. The molecule has 0 aliphatic heterocycles. The Bertz CT molecular complexity index is 1090. The van der Waals surface area contributed by atoms with Crippen molar-refractivity contribution in [3.05, 3.63) is 51.9 Å². The van der Waals surface area contributed by atoms with Gasteiger partial charge < -0.3 is 9.67 Å². The van der Waals surface area contributed by atoms with Crippen LogP contribution in [-0.2, 0) is 12.0 Å². The van der Waals surface area contributed by atoms with Crippen LogP contribution in [0.15, 0.2) is 35.1 Å². The fourth-order valence-electron chi connectivity index (χ4n) is 3.27. The van der Waals surface area contributed by atoms with E-state index in [4.69, 9.17) is 0 Å². The lowest BCUT2D eigenvalue weighted by molar-refractivity contribution is 0.0691. The molecule has 142 valence electrons. The predicted octanol–water partition coefficient (Wildman–Crippen LogP) is 4.59. The summed E-state index contributed by atoms with van der Waals surface area (Å²) >= 11 is 0. The molecule has 0 saturated carbocycles. The van der Waals surface area contributed by atoms with E-state index in [-0.39, 0.29) is 22.2 Å². The van der Waals surface area contributed by atoms with Gasteiger partial charge in [-0.3, -0.25) is 4.79 Å². The zero-order valence-electron chi connectivity index (χ0n) is 16.5. The van der Waals surface area contributed by atoms with Crippen molar-refractivity contribution >= 4 is 27.8 Å². The predicted molar refractivity (Wildman–Crippen MR) is 109 cm³/mol. The average molecular weight is 366 g/mol. The number of nitrogens with zero attached hydrogens (tertiary/aromatic N) is 2. The van der Waals surface area contributed by atoms with Gasteiger partial charge in [0.25, 0.3) is 5.56 Å². The van der Waals surface area contributed by atoms with Crippen molar-refractivity contribution in [3.8, 4) is 0 Å². The summed E-state index contributed by atoms with van der Waals surface area (Å²) in [7, 11) is 0. The van der Waals surface area contributed by atoms with E-state index >= 15 is 0 Å². The Morgan fingerprint density at radius 3 is 2.48 bits per heavy atom. The first-order valence-electron chi connectivity index (χ1n) is 9.34. The topological polar surface area (TPSA) is 72.2 Å². The van der Waals surface area contributed by atoms with Crippen molar-refractivity contribution in [2.75, 3.05) is 0 Å². The summed E-state index contributed by atoms with van der Waals surface area (Å²) in [5.74, 6) is -0.804. The maximum Gasteiger partial charge on any atom is 0.354 e. The number of fused-ring (bicyclic) bond motifs is 3. The van der Waals surface area contributed by atoms with E-state index in [2.05, 4.69) is 51.7 Å². The molecule has 2 heterocycles. The smallest absolute Gasteiger partial charge is 0.354 e. The first kappa shape index (κ1) is 19.1. The molecule has 5 nitrogen and oxygen atoms in total. The summed E-state index contributed by atoms with van der Waals surface area (Å²) in [6, 6.07) is 9.35. The molecule has 3 aromatic rings. The maximum absolute atomic E-state index is 13.2. The second-order valence-electron chi connectivity index (χ2n) is 8.31. The van der Waals surface area contributed by atoms with E-state index in [9.17, 15) is 14.7 Å². The van der Waals surface area contributed by atoms with Crippen LogP contribution in [0.25, 0.3) is 21.8 Å². The second kappa shape index (κ2) is 6.80. The quantitative estimate of drug-likeness (QED) is 0.685. The van der Waals surface area contributed by atoms with Gasteiger partial charge in [0.2, 0.25) is 0 Å². The van der Waals surface area contributed by atoms with Crippen LogP contribution in [0.4, 0.5) is 0 Å². The van der Waals surface area contributed by atoms with Crippen LogP contribution >= 0.6 is 0 Å². The van der Waals surface area contributed by atoms with Crippen LogP contribution in [-0.4, -0.2) is 20.6 Å². The van der Waals surface area contributed by atoms with Crippen molar-refractivity contribution in [2.45, 2.75) is 53.0 Å². The highest BCUT2D eigenvalue weighted by atomic mass is 16.4. The molecule has 27 heavy (non-hydrogen) atoms. The van der Waals surface area contributed by atoms with Crippen LogP contribution in [0.1, 0.15) is 57.1 Å². The van der Waals surface area contributed by atoms with Crippen molar-refractivity contribution in [1.82, 2.24) is 9.55 Å². The molecule has 0 saturated heterocycles. The third-order valence-electron chi connectivity index (χ3n) is 5.20. The lowest BCUT2D eigenvalue weighted by Crippen LogP contribution is -2.25. The van der Waals surface area contributed by atoms with Gasteiger partial charge in [0, 0.05) is 17.3 Å². The first-order valence-corrected chi connectivity index (χ1v) is 9.34. The molecule has 0 fully saturated rings. The zero-order chi connectivity index (χ0) is 19.9. The Labute approximate surface area is 158 Å². The van der Waals surface area contributed by atoms with Gasteiger partial charge >= 0.3 is 5.97 Å². The van der Waals surface area contributed by atoms with Crippen LogP contribution < -0.4 is 5.56 Å². The number of carboxylic acids is 1. The zero-order valence-corrected chi connectivity index (χ0v) is 16.5. The normalized spacial score (nSPS) is 13.2. The van der Waals surface area contributed by atoms with Gasteiger partial charge in [0.15, 0.2) is 0 Å². The molecule has 1 atom stereocenters. The fourth-order valence-corrected chi connectivity index (χ4v) is 3.27. The van der Waals surface area contributed by atoms with Crippen molar-refractivity contribution in [1.29, 1.82) is 0 Å². The molecule has 0 radical (unpaired) electrons. The SMILES string of the molecule is CCC(C)Cn1c(=O)c2nc(C(=O)O)ccc2c2cc(C(C)(C)C)ccc21. The van der Waals surface area contributed by atoms with E-state index < -0.39 is 5.97 Å². The summed E-state index contributed by atoms with van der Waals surface area (Å²) < 4.78 is 1.75. The van der Waals surface area contributed by atoms with Gasteiger partial charge in [-0.25, -0.2) is 9.78 Å². The number of aromatic carboxylic acids is 1. The maximum atomic E-state index is 13.2. The highest BCUT2D eigenvalue weighted by Gasteiger charge is 2.19. The molecule has 0 aliphatic rings. The second-order valence-corrected chi connectivity index (χ2v) is 8.31. The van der Waals surface area contributed by atoms with Crippen molar-refractivity contribution < 1.29 is 9.90 Å². The van der Waals surface area contributed by atoms with Crippen LogP contribution in [0, 0.1) is 5.92 Å². The highest BCUT2D eigenvalue weighted by molar-refractivity contribution is 6.05. The molecular formula is C22H26N2O3. The van der Waals surface area contributed by atoms with E-state index in [0.29, 0.717) is 17.8 Å². The van der Waals surface area contributed by atoms with Gasteiger partial charge in [0.1, 0.15) is 11.2 Å². The minimum Gasteiger partial charge on any atom is -0.477 e. The van der Waals surface area contributed by atoms with Gasteiger partial charge in [-0.15, -0.1) is 0 Å². The summed E-state index contributed by atoms with van der Waals surface area (Å²) in [5, 5.41) is 10.9. The van der Waals surface area contributed by atoms with E-state index in [0.717, 1.165) is 22.9 Å². The first-order chi connectivity index (χ1) is 12.6. The standard InChI is InChI=1S/C22H26N2O3/c1-6-13(2)12-24-18-10-7-14(22(3,4)5)11-16(18)15-8-9-17(21(26)27)23-19(15)20(24)25/h7-11,13H,6,12H2,1-5H3,(H,26,27). The van der Waals surface area contributed by atoms with Gasteiger partial charge in [0.05, 0.1) is 5.52 Å². The molecule has 0 bridgehead atoms. The Morgan fingerprint density at radius 2 is 1.89 bits per heavy atom. The number of carboxylic acid groups (broad SMARTS) is 1. The Balaban J connectivity index is 2.44. The number of carbonyl (C=O) groups is 1. The average Bonchev–Trinajstić information content (AvgIpc) is 2.63. The molecule has 1 N–H and O–H groups in total. The van der Waals surface area contributed by atoms with Crippen LogP contribution in [0.2, 0.25) is 0 Å². The number of hydrogen-bond acceptors (Lipinski definition) is 3. The number of pyridine rings is 2. The molecule has 2 aromatic heterocycles. The van der Waals surface area contributed by atoms with E-state index in [1.54, 1.807) is 10.6 Å². The molecular weight excluding hydrogens is 340 g/mol. The number of hydrogen-bond donors (Lipinski definition) is 1. The van der Waals surface area contributed by atoms with Gasteiger partial charge in [-0.05, 0) is 41.2 Å². The lowest BCUT2D eigenvalue weighted by Gasteiger charge is -2.22. The van der Waals surface area contributed by atoms with Gasteiger partial charge in [-0.1, -0.05) is 47.1 Å². The molecule has 5 heteroatoms. The number of benzene rings is 1. The summed E-state index contributed by atoms with van der Waals surface area (Å²) in [4.78, 5) is 28.7. The molecule has 0 spiro atoms. The molecule has 3 rings (SSSR count). The van der Waals surface area contributed by atoms with Gasteiger partial charge in [-0.2, -0.15) is 0 Å². The lowest BCUT2D eigenvalue weighted by atomic mass is 9.86. The van der Waals surface area contributed by atoms with Crippen molar-refractivity contribution in [3.63, 3.8) is 0 Å². The Morgan fingerprint density at radius 1 is 1.19 bits per heavy atom. The Kier molecular flexibility index (Phi) is 4.81. The van der Waals surface area contributed by atoms with E-state index in [1.165, 1.54) is 6.07 Å². The minimum atomic E-state index is -1.13. The molecule has 1 aromatic carbocycles. The van der Waals surface area contributed by atoms with Crippen LogP contribution in [0.3, 0.4) is 0 Å². The van der Waals surface area contributed by atoms with E-state index in [1.807, 2.05) is 6.07 Å². The molecule has 0 aliphatic carbocycles. The number of aromatic nitrogens is 2. The third kappa shape index (κ3) is 3.46. The monoisotopic (exact) mass is 366 g/mol. The summed E-state index contributed by atoms with van der Waals surface area (Å²) in [6.07, 6.45) is 0.953. The minimum absolute atomic E-state index is 0.0351.